The molecule has 2 aromatic heterocycles. The maximum atomic E-state index is 12.8. The monoisotopic (exact) mass is 273 g/mol. The van der Waals surface area contributed by atoms with E-state index in [1.54, 1.807) is 10.7 Å². The Kier molecular flexibility index (Phi) is 3.69. The van der Waals surface area contributed by atoms with Gasteiger partial charge in [-0.2, -0.15) is 5.10 Å². The van der Waals surface area contributed by atoms with Crippen LogP contribution in [-0.2, 0) is 0 Å². The van der Waals surface area contributed by atoms with Crippen molar-refractivity contribution in [2.75, 3.05) is 13.2 Å². The number of nitrogens with zero attached hydrogens (tertiary/aromatic N) is 3. The first-order valence-electron chi connectivity index (χ1n) is 7.15. The Balaban J connectivity index is 1.90. The van der Waals surface area contributed by atoms with Gasteiger partial charge in [0.05, 0.1) is 17.3 Å². The minimum absolute atomic E-state index is 0.0318. The molecule has 0 radical (unpaired) electrons. The molecule has 1 aliphatic rings. The second-order valence-electron chi connectivity index (χ2n) is 5.25. The van der Waals surface area contributed by atoms with Crippen molar-refractivity contribution in [3.05, 3.63) is 36.2 Å². The van der Waals surface area contributed by atoms with Gasteiger partial charge in [0.2, 0.25) is 0 Å². The van der Waals surface area contributed by atoms with E-state index in [4.69, 9.17) is 5.11 Å². The molecule has 1 fully saturated rings. The zero-order chi connectivity index (χ0) is 13.9. The van der Waals surface area contributed by atoms with Gasteiger partial charge < -0.3 is 10.0 Å². The van der Waals surface area contributed by atoms with E-state index in [1.165, 1.54) is 0 Å². The lowest BCUT2D eigenvalue weighted by molar-refractivity contribution is 0.0576. The number of hydrogen-bond acceptors (Lipinski definition) is 3. The Labute approximate surface area is 117 Å². The number of pyridine rings is 1. The summed E-state index contributed by atoms with van der Waals surface area (Å²) in [5, 5.41) is 13.4. The van der Waals surface area contributed by atoms with Crippen molar-refractivity contribution in [1.29, 1.82) is 0 Å². The highest BCUT2D eigenvalue weighted by molar-refractivity contribution is 6.00. The van der Waals surface area contributed by atoms with E-state index < -0.39 is 0 Å². The Morgan fingerprint density at radius 2 is 2.30 bits per heavy atom. The van der Waals surface area contributed by atoms with Gasteiger partial charge in [-0.15, -0.1) is 0 Å². The molecule has 3 rings (SSSR count). The van der Waals surface area contributed by atoms with Crippen molar-refractivity contribution < 1.29 is 9.90 Å². The number of carbonyl (C=O) groups is 1. The molecule has 1 N–H and O–H groups in total. The molecule has 2 aromatic rings. The number of piperidine rings is 1. The number of aliphatic hydroxyl groups is 1. The predicted octanol–water partition coefficient (Wildman–Crippen LogP) is 1.71. The standard InChI is InChI=1S/C15H19N3O2/c19-10-7-12-5-1-3-8-17(12)15(20)13-11-16-18-9-4-2-6-14(13)18/h2,4,6,9,11-12,19H,1,3,5,7-8,10H2. The van der Waals surface area contributed by atoms with Crippen LogP contribution in [0.15, 0.2) is 30.6 Å². The second-order valence-corrected chi connectivity index (χ2v) is 5.25. The number of rotatable bonds is 3. The van der Waals surface area contributed by atoms with Crippen LogP contribution in [0.5, 0.6) is 0 Å². The largest absolute Gasteiger partial charge is 0.396 e. The molecule has 0 saturated carbocycles. The summed E-state index contributed by atoms with van der Waals surface area (Å²) in [7, 11) is 0. The molecule has 1 aliphatic heterocycles. The van der Waals surface area contributed by atoms with Crippen LogP contribution in [0.3, 0.4) is 0 Å². The third kappa shape index (κ3) is 2.29. The number of likely N-dealkylation sites (tertiary alicyclic amines) is 1. The van der Waals surface area contributed by atoms with Crippen LogP contribution < -0.4 is 0 Å². The first-order valence-corrected chi connectivity index (χ1v) is 7.15. The van der Waals surface area contributed by atoms with Crippen molar-refractivity contribution in [2.45, 2.75) is 31.7 Å². The van der Waals surface area contributed by atoms with Gasteiger partial charge in [0.15, 0.2) is 0 Å². The van der Waals surface area contributed by atoms with E-state index in [9.17, 15) is 4.79 Å². The predicted molar refractivity (Wildman–Crippen MR) is 75.6 cm³/mol. The van der Waals surface area contributed by atoms with Crippen LogP contribution in [0.25, 0.3) is 5.52 Å². The molecule has 1 unspecified atom stereocenters. The zero-order valence-electron chi connectivity index (χ0n) is 11.4. The van der Waals surface area contributed by atoms with Crippen molar-refractivity contribution in [3.63, 3.8) is 0 Å². The van der Waals surface area contributed by atoms with Gasteiger partial charge in [-0.05, 0) is 37.8 Å². The summed E-state index contributed by atoms with van der Waals surface area (Å²) in [6.45, 7) is 0.900. The van der Waals surface area contributed by atoms with Crippen LogP contribution in [0.4, 0.5) is 0 Å². The van der Waals surface area contributed by atoms with Crippen LogP contribution >= 0.6 is 0 Å². The molecule has 1 amide bonds. The fourth-order valence-corrected chi connectivity index (χ4v) is 2.97. The summed E-state index contributed by atoms with van der Waals surface area (Å²) in [5.41, 5.74) is 1.49. The Morgan fingerprint density at radius 1 is 1.40 bits per heavy atom. The van der Waals surface area contributed by atoms with E-state index in [1.807, 2.05) is 29.3 Å². The van der Waals surface area contributed by atoms with E-state index >= 15 is 0 Å². The molecule has 0 bridgehead atoms. The highest BCUT2D eigenvalue weighted by Crippen LogP contribution is 2.23. The summed E-state index contributed by atoms with van der Waals surface area (Å²) >= 11 is 0. The topological polar surface area (TPSA) is 57.8 Å². The molecular formula is C15H19N3O2. The van der Waals surface area contributed by atoms with E-state index in [0.717, 1.165) is 31.3 Å². The van der Waals surface area contributed by atoms with Gasteiger partial charge in [-0.1, -0.05) is 6.07 Å². The maximum absolute atomic E-state index is 12.8. The lowest BCUT2D eigenvalue weighted by Crippen LogP contribution is -2.44. The fraction of sp³-hybridized carbons (Fsp3) is 0.467. The molecule has 106 valence electrons. The Hall–Kier alpha value is -1.88. The summed E-state index contributed by atoms with van der Waals surface area (Å²) in [6, 6.07) is 5.87. The Morgan fingerprint density at radius 3 is 3.15 bits per heavy atom. The molecule has 5 nitrogen and oxygen atoms in total. The summed E-state index contributed by atoms with van der Waals surface area (Å²) in [4.78, 5) is 14.7. The molecule has 0 spiro atoms. The number of carbonyl (C=O) groups excluding carboxylic acids is 1. The van der Waals surface area contributed by atoms with E-state index in [-0.39, 0.29) is 18.6 Å². The van der Waals surface area contributed by atoms with Gasteiger partial charge in [-0.3, -0.25) is 4.79 Å². The molecule has 0 aromatic carbocycles. The summed E-state index contributed by atoms with van der Waals surface area (Å²) < 4.78 is 1.72. The Bertz CT molecular complexity index is 606. The first-order chi connectivity index (χ1) is 9.81. The lowest BCUT2D eigenvalue weighted by Gasteiger charge is -2.35. The van der Waals surface area contributed by atoms with Crippen LogP contribution in [0.1, 0.15) is 36.0 Å². The molecule has 3 heterocycles. The first kappa shape index (κ1) is 13.1. The molecule has 0 aliphatic carbocycles. The van der Waals surface area contributed by atoms with Crippen molar-refractivity contribution in [3.8, 4) is 0 Å². The normalized spacial score (nSPS) is 19.4. The van der Waals surface area contributed by atoms with Gasteiger partial charge in [0.25, 0.3) is 5.91 Å². The third-order valence-electron chi connectivity index (χ3n) is 4.01. The minimum Gasteiger partial charge on any atom is -0.396 e. The SMILES string of the molecule is O=C(c1cnn2ccccc12)N1CCCCC1CCO. The average Bonchev–Trinajstić information content (AvgIpc) is 2.91. The highest BCUT2D eigenvalue weighted by Gasteiger charge is 2.28. The average molecular weight is 273 g/mol. The highest BCUT2D eigenvalue weighted by atomic mass is 16.3. The lowest BCUT2D eigenvalue weighted by atomic mass is 9.98. The van der Waals surface area contributed by atoms with E-state index in [0.29, 0.717) is 12.0 Å². The molecule has 1 atom stereocenters. The minimum atomic E-state index is 0.0318. The number of amides is 1. The molecule has 1 saturated heterocycles. The molecular weight excluding hydrogens is 254 g/mol. The number of fused-ring (bicyclic) bond motifs is 1. The molecule has 5 heteroatoms. The van der Waals surface area contributed by atoms with Gasteiger partial charge in [0.1, 0.15) is 0 Å². The van der Waals surface area contributed by atoms with Gasteiger partial charge in [0, 0.05) is 25.4 Å². The number of aliphatic hydroxyl groups excluding tert-OH is 1. The third-order valence-corrected chi connectivity index (χ3v) is 4.01. The van der Waals surface area contributed by atoms with Crippen LogP contribution in [-0.4, -0.2) is 44.7 Å². The maximum Gasteiger partial charge on any atom is 0.257 e. The number of hydrogen-bond donors (Lipinski definition) is 1. The summed E-state index contributed by atoms with van der Waals surface area (Å²) in [6.07, 6.45) is 7.28. The summed E-state index contributed by atoms with van der Waals surface area (Å²) in [5.74, 6) is 0.0318. The van der Waals surface area contributed by atoms with Crippen molar-refractivity contribution >= 4 is 11.4 Å². The quantitative estimate of drug-likeness (QED) is 0.926. The smallest absolute Gasteiger partial charge is 0.257 e. The molecule has 20 heavy (non-hydrogen) atoms. The van der Waals surface area contributed by atoms with E-state index in [2.05, 4.69) is 5.10 Å². The van der Waals surface area contributed by atoms with Crippen LogP contribution in [0, 0.1) is 0 Å². The fourth-order valence-electron chi connectivity index (χ4n) is 2.97. The van der Waals surface area contributed by atoms with Gasteiger partial charge in [-0.25, -0.2) is 4.52 Å². The van der Waals surface area contributed by atoms with Crippen LogP contribution in [0.2, 0.25) is 0 Å². The second kappa shape index (κ2) is 5.63. The van der Waals surface area contributed by atoms with Crippen molar-refractivity contribution in [1.82, 2.24) is 14.5 Å². The number of aromatic nitrogens is 2. The van der Waals surface area contributed by atoms with Crippen molar-refractivity contribution in [2.24, 2.45) is 0 Å². The zero-order valence-corrected chi connectivity index (χ0v) is 11.4. The van der Waals surface area contributed by atoms with Gasteiger partial charge >= 0.3 is 0 Å².